The van der Waals surface area contributed by atoms with Crippen molar-refractivity contribution in [2.24, 2.45) is 0 Å². The highest BCUT2D eigenvalue weighted by atomic mass is 19.2. The quantitative estimate of drug-likeness (QED) is 0.381. The number of hydrogen-bond donors (Lipinski definition) is 0. The van der Waals surface area contributed by atoms with Gasteiger partial charge in [0.2, 0.25) is 0 Å². The first-order valence-corrected chi connectivity index (χ1v) is 3.54. The second-order valence-corrected chi connectivity index (χ2v) is 2.66. The van der Waals surface area contributed by atoms with Gasteiger partial charge in [-0.2, -0.15) is 8.78 Å². The van der Waals surface area contributed by atoms with E-state index >= 15 is 0 Å². The molecule has 1 aromatic carbocycles. The predicted octanol–water partition coefficient (Wildman–Crippen LogP) is 3.27. The Balaban J connectivity index is 3.10. The average molecular weight is 226 g/mol. The monoisotopic (exact) mass is 226 g/mol. The lowest BCUT2D eigenvalue weighted by atomic mass is 10.2. The molecule has 0 aliphatic rings. The first-order valence-electron chi connectivity index (χ1n) is 3.54. The van der Waals surface area contributed by atoms with Crippen molar-refractivity contribution in [3.63, 3.8) is 0 Å². The zero-order valence-corrected chi connectivity index (χ0v) is 6.68. The fourth-order valence-corrected chi connectivity index (χ4v) is 1.18. The molecule has 0 spiro atoms. The van der Waals surface area contributed by atoms with E-state index in [1.165, 1.54) is 0 Å². The van der Waals surface area contributed by atoms with Crippen molar-refractivity contribution in [2.45, 2.75) is 0 Å². The lowest BCUT2D eigenvalue weighted by Crippen LogP contribution is -1.97. The minimum Gasteiger partial charge on any atom is -0.403 e. The molecule has 1 nitrogen and oxygen atoms in total. The van der Waals surface area contributed by atoms with Gasteiger partial charge in [-0.05, 0) is 0 Å². The molecule has 2 rings (SSSR count). The molecule has 0 saturated carbocycles. The Kier molecular flexibility index (Phi) is 1.92. The van der Waals surface area contributed by atoms with Crippen LogP contribution in [0, 0.1) is 35.3 Å². The molecule has 0 saturated heterocycles. The molecule has 80 valence electrons. The molecule has 2 aromatic rings. The molecule has 0 unspecified atom stereocenters. The highest BCUT2D eigenvalue weighted by Crippen LogP contribution is 2.32. The van der Waals surface area contributed by atoms with E-state index in [1.54, 1.807) is 0 Å². The van der Waals surface area contributed by atoms with Crippen molar-refractivity contribution in [1.82, 2.24) is 0 Å². The smallest absolute Gasteiger partial charge is 0.291 e. The average Bonchev–Trinajstić information content (AvgIpc) is 2.47. The fraction of sp³-hybridized carbons (Fsp3) is 0. The molecule has 0 aliphatic heterocycles. The predicted molar refractivity (Wildman–Crippen MR) is 36.0 cm³/mol. The zero-order chi connectivity index (χ0) is 11.3. The van der Waals surface area contributed by atoms with Crippen LogP contribution in [0.1, 0.15) is 0 Å². The van der Waals surface area contributed by atoms with Gasteiger partial charge in [-0.15, -0.1) is 0 Å². The lowest BCUT2D eigenvalue weighted by molar-refractivity contribution is 0.271. The van der Waals surface area contributed by atoms with Crippen molar-refractivity contribution < 1.29 is 30.8 Å². The van der Waals surface area contributed by atoms with Gasteiger partial charge in [0.15, 0.2) is 23.3 Å². The van der Waals surface area contributed by atoms with Crippen molar-refractivity contribution in [3.05, 3.63) is 35.3 Å². The van der Waals surface area contributed by atoms with Gasteiger partial charge >= 0.3 is 0 Å². The Morgan fingerprint density at radius 2 is 0.867 bits per heavy atom. The summed E-state index contributed by atoms with van der Waals surface area (Å²) in [6, 6.07) is -3.70. The third kappa shape index (κ3) is 1.12. The Morgan fingerprint density at radius 1 is 0.533 bits per heavy atom. The lowest BCUT2D eigenvalue weighted by Gasteiger charge is -1.98. The Morgan fingerprint density at radius 3 is 1.20 bits per heavy atom. The second kappa shape index (κ2) is 2.91. The van der Waals surface area contributed by atoms with Crippen LogP contribution in [-0.4, -0.2) is 0 Å². The molecule has 0 aliphatic carbocycles. The Hall–Kier alpha value is -1.66. The molecule has 0 amide bonds. The maximum absolute atomic E-state index is 12.9. The van der Waals surface area contributed by atoms with E-state index in [9.17, 15) is 26.3 Å². The van der Waals surface area contributed by atoms with E-state index < -0.39 is 46.1 Å². The highest BCUT2D eigenvalue weighted by Gasteiger charge is 2.28. The van der Waals surface area contributed by atoms with Crippen LogP contribution >= 0.6 is 0 Å². The SMILES string of the molecule is Fc1c(F)c(F)c2c(F)oc(F)c2c1F. The molecule has 0 atom stereocenters. The van der Waals surface area contributed by atoms with Crippen LogP contribution in [0.3, 0.4) is 0 Å². The number of hydrogen-bond acceptors (Lipinski definition) is 1. The first-order chi connectivity index (χ1) is 6.95. The van der Waals surface area contributed by atoms with E-state index in [2.05, 4.69) is 4.42 Å². The van der Waals surface area contributed by atoms with E-state index in [0.717, 1.165) is 0 Å². The number of fused-ring (bicyclic) bond motifs is 1. The highest BCUT2D eigenvalue weighted by molar-refractivity contribution is 5.83. The summed E-state index contributed by atoms with van der Waals surface area (Å²) in [6.45, 7) is 0. The van der Waals surface area contributed by atoms with Crippen LogP contribution in [0.5, 0.6) is 0 Å². The van der Waals surface area contributed by atoms with Crippen LogP contribution < -0.4 is 0 Å². The second-order valence-electron chi connectivity index (χ2n) is 2.66. The van der Waals surface area contributed by atoms with Crippen molar-refractivity contribution in [3.8, 4) is 0 Å². The van der Waals surface area contributed by atoms with Gasteiger partial charge in [-0.25, -0.2) is 17.6 Å². The van der Waals surface area contributed by atoms with Crippen LogP contribution in [0.4, 0.5) is 26.3 Å². The molecule has 0 radical (unpaired) electrons. The first kappa shape index (κ1) is 9.88. The summed E-state index contributed by atoms with van der Waals surface area (Å²) in [5.74, 6) is -8.51. The summed E-state index contributed by atoms with van der Waals surface area (Å²) < 4.78 is 79.8. The molecule has 1 aromatic heterocycles. The van der Waals surface area contributed by atoms with Gasteiger partial charge in [-0.3, -0.25) is 0 Å². The van der Waals surface area contributed by atoms with Crippen LogP contribution in [0.15, 0.2) is 4.42 Å². The summed E-state index contributed by atoms with van der Waals surface area (Å²) in [5, 5.41) is -2.77. The number of rotatable bonds is 0. The minimum absolute atomic E-state index is 1.39. The fourth-order valence-electron chi connectivity index (χ4n) is 1.18. The normalized spacial score (nSPS) is 11.3. The Bertz CT molecular complexity index is 510. The third-order valence-corrected chi connectivity index (χ3v) is 1.84. The molecule has 0 bridgehead atoms. The van der Waals surface area contributed by atoms with Gasteiger partial charge in [0, 0.05) is 0 Å². The van der Waals surface area contributed by atoms with Gasteiger partial charge < -0.3 is 4.42 Å². The van der Waals surface area contributed by atoms with E-state index in [-0.39, 0.29) is 0 Å². The molecular weight excluding hydrogens is 226 g/mol. The molecule has 7 heteroatoms. The van der Waals surface area contributed by atoms with Gasteiger partial charge in [0.1, 0.15) is 10.8 Å². The van der Waals surface area contributed by atoms with Gasteiger partial charge in [0.05, 0.1) is 0 Å². The number of furan rings is 1. The standard InChI is InChI=1S/C8F6O/c9-3-1-2(8(14)15-7(1)13)4(10)6(12)5(3)11. The summed E-state index contributed by atoms with van der Waals surface area (Å²) in [7, 11) is 0. The molecule has 0 N–H and O–H groups in total. The van der Waals surface area contributed by atoms with E-state index in [1.807, 2.05) is 0 Å². The molecule has 1 heterocycles. The number of halogens is 6. The van der Waals surface area contributed by atoms with E-state index in [0.29, 0.717) is 0 Å². The van der Waals surface area contributed by atoms with Crippen molar-refractivity contribution >= 4 is 10.8 Å². The van der Waals surface area contributed by atoms with Crippen molar-refractivity contribution in [1.29, 1.82) is 0 Å². The summed E-state index contributed by atoms with van der Waals surface area (Å²) in [6.07, 6.45) is 0. The summed E-state index contributed by atoms with van der Waals surface area (Å²) in [4.78, 5) is 0. The summed E-state index contributed by atoms with van der Waals surface area (Å²) >= 11 is 0. The van der Waals surface area contributed by atoms with Gasteiger partial charge in [0.25, 0.3) is 12.0 Å². The maximum atomic E-state index is 12.9. The maximum Gasteiger partial charge on any atom is 0.291 e. The van der Waals surface area contributed by atoms with Crippen LogP contribution in [0.2, 0.25) is 0 Å². The largest absolute Gasteiger partial charge is 0.403 e. The molecule has 0 fully saturated rings. The van der Waals surface area contributed by atoms with Crippen LogP contribution in [0.25, 0.3) is 10.8 Å². The summed E-state index contributed by atoms with van der Waals surface area (Å²) in [5.41, 5.74) is 0. The number of benzene rings is 1. The topological polar surface area (TPSA) is 13.1 Å². The third-order valence-electron chi connectivity index (χ3n) is 1.84. The minimum atomic E-state index is -2.22. The van der Waals surface area contributed by atoms with Gasteiger partial charge in [-0.1, -0.05) is 0 Å². The molecule has 15 heavy (non-hydrogen) atoms. The Labute approximate surface area is 77.9 Å². The zero-order valence-electron chi connectivity index (χ0n) is 6.68. The van der Waals surface area contributed by atoms with Crippen molar-refractivity contribution in [2.75, 3.05) is 0 Å². The van der Waals surface area contributed by atoms with E-state index in [4.69, 9.17) is 0 Å². The van der Waals surface area contributed by atoms with Crippen LogP contribution in [-0.2, 0) is 0 Å². The molecular formula is C8F6O.